The van der Waals surface area contributed by atoms with Crippen LogP contribution in [0.15, 0.2) is 47.4 Å². The van der Waals surface area contributed by atoms with Gasteiger partial charge in [-0.05, 0) is 49.2 Å². The molecule has 1 amide bonds. The smallest absolute Gasteiger partial charge is 0.272 e. The van der Waals surface area contributed by atoms with E-state index in [0.29, 0.717) is 10.8 Å². The van der Waals surface area contributed by atoms with Gasteiger partial charge >= 0.3 is 0 Å². The molecule has 8 heteroatoms. The molecule has 0 aromatic heterocycles. The number of halogens is 1. The van der Waals surface area contributed by atoms with E-state index in [1.54, 1.807) is 30.3 Å². The van der Waals surface area contributed by atoms with Crippen LogP contribution in [0.4, 0.5) is 0 Å². The summed E-state index contributed by atoms with van der Waals surface area (Å²) in [4.78, 5) is 13.8. The van der Waals surface area contributed by atoms with Crippen LogP contribution in [0.5, 0.6) is 5.75 Å². The zero-order chi connectivity index (χ0) is 17.7. The molecule has 0 atom stereocenters. The van der Waals surface area contributed by atoms with Crippen molar-refractivity contribution in [2.45, 2.75) is 18.7 Å². The maximum absolute atomic E-state index is 12.0. The zero-order valence-electron chi connectivity index (χ0n) is 13.2. The maximum Gasteiger partial charge on any atom is 0.272 e. The highest BCUT2D eigenvalue weighted by Crippen LogP contribution is 2.25. The summed E-state index contributed by atoms with van der Waals surface area (Å²) in [6.07, 6.45) is 0. The van der Waals surface area contributed by atoms with Crippen LogP contribution >= 0.6 is 11.6 Å². The average Bonchev–Trinajstić information content (AvgIpc) is 2.56. The lowest BCUT2D eigenvalue weighted by atomic mass is 10.1. The molecule has 0 spiro atoms. The summed E-state index contributed by atoms with van der Waals surface area (Å²) in [5, 5.41) is 0.641. The van der Waals surface area contributed by atoms with Crippen molar-refractivity contribution in [2.75, 3.05) is 6.61 Å². The van der Waals surface area contributed by atoms with E-state index >= 15 is 0 Å². The van der Waals surface area contributed by atoms with Gasteiger partial charge in [-0.3, -0.25) is 10.2 Å². The van der Waals surface area contributed by atoms with Crippen LogP contribution in [0.1, 0.15) is 11.1 Å². The quantitative estimate of drug-likeness (QED) is 0.766. The molecule has 0 unspecified atom stereocenters. The van der Waals surface area contributed by atoms with Crippen LogP contribution in [0.25, 0.3) is 0 Å². The van der Waals surface area contributed by atoms with Gasteiger partial charge in [-0.1, -0.05) is 29.8 Å². The minimum atomic E-state index is -3.81. The fraction of sp³-hybridized carbons (Fsp3) is 0.188. The average molecular weight is 369 g/mol. The predicted octanol–water partition coefficient (Wildman–Crippen LogP) is 2.35. The van der Waals surface area contributed by atoms with Gasteiger partial charge in [0.15, 0.2) is 6.61 Å². The molecule has 0 aliphatic carbocycles. The molecule has 2 aromatic carbocycles. The van der Waals surface area contributed by atoms with Crippen LogP contribution < -0.4 is 15.0 Å². The third kappa shape index (κ3) is 4.70. The zero-order valence-corrected chi connectivity index (χ0v) is 14.7. The van der Waals surface area contributed by atoms with Crippen molar-refractivity contribution in [3.8, 4) is 5.75 Å². The predicted molar refractivity (Wildman–Crippen MR) is 91.3 cm³/mol. The number of carbonyl (C=O) groups excluding carboxylic acids is 1. The largest absolute Gasteiger partial charge is 0.484 e. The maximum atomic E-state index is 12.0. The van der Waals surface area contributed by atoms with Gasteiger partial charge in [0, 0.05) is 5.02 Å². The van der Waals surface area contributed by atoms with E-state index in [2.05, 4.69) is 5.43 Å². The van der Waals surface area contributed by atoms with Crippen molar-refractivity contribution < 1.29 is 17.9 Å². The number of ether oxygens (including phenoxy) is 1. The molecule has 2 rings (SSSR count). The van der Waals surface area contributed by atoms with E-state index in [0.717, 1.165) is 11.1 Å². The second-order valence-corrected chi connectivity index (χ2v) is 7.19. The molecule has 0 saturated carbocycles. The number of hydrogen-bond acceptors (Lipinski definition) is 4. The number of nitrogens with one attached hydrogen (secondary N) is 2. The van der Waals surface area contributed by atoms with Gasteiger partial charge < -0.3 is 4.74 Å². The van der Waals surface area contributed by atoms with Gasteiger partial charge in [-0.2, -0.15) is 0 Å². The Bertz CT molecular complexity index is 815. The van der Waals surface area contributed by atoms with Crippen molar-refractivity contribution in [2.24, 2.45) is 0 Å². The minimum absolute atomic E-state index is 0.0511. The van der Waals surface area contributed by atoms with Gasteiger partial charge in [0.05, 0.1) is 4.90 Å². The molecule has 0 fully saturated rings. The number of rotatable bonds is 6. The lowest BCUT2D eigenvalue weighted by molar-refractivity contribution is -0.123. The molecule has 0 heterocycles. The first kappa shape index (κ1) is 18.3. The molecule has 6 nitrogen and oxygen atoms in total. The van der Waals surface area contributed by atoms with Crippen molar-refractivity contribution in [1.82, 2.24) is 10.3 Å². The normalized spacial score (nSPS) is 11.1. The fourth-order valence-electron chi connectivity index (χ4n) is 1.96. The fourth-order valence-corrected chi connectivity index (χ4v) is 2.95. The van der Waals surface area contributed by atoms with E-state index in [-0.39, 0.29) is 11.5 Å². The first-order valence-corrected chi connectivity index (χ1v) is 8.91. The highest BCUT2D eigenvalue weighted by molar-refractivity contribution is 7.89. The highest BCUT2D eigenvalue weighted by atomic mass is 35.5. The Morgan fingerprint density at radius 2 is 1.71 bits per heavy atom. The molecule has 2 N–H and O–H groups in total. The van der Waals surface area contributed by atoms with E-state index in [4.69, 9.17) is 16.3 Å². The number of hydrogen-bond donors (Lipinski definition) is 2. The molecule has 24 heavy (non-hydrogen) atoms. The number of carbonyl (C=O) groups is 1. The van der Waals surface area contributed by atoms with Gasteiger partial charge in [-0.25, -0.2) is 8.42 Å². The summed E-state index contributed by atoms with van der Waals surface area (Å²) < 4.78 is 29.3. The Balaban J connectivity index is 1.90. The Morgan fingerprint density at radius 1 is 1.12 bits per heavy atom. The summed E-state index contributed by atoms with van der Waals surface area (Å²) in [7, 11) is -3.81. The molecule has 0 radical (unpaired) electrons. The molecule has 0 aliphatic rings. The van der Waals surface area contributed by atoms with Gasteiger partial charge in [0.1, 0.15) is 5.75 Å². The van der Waals surface area contributed by atoms with Crippen LogP contribution in [0, 0.1) is 13.8 Å². The SMILES string of the molecule is Cc1cc(OCC(=O)NNS(=O)(=O)c2ccccc2)cc(C)c1Cl. The number of hydrazine groups is 1. The van der Waals surface area contributed by atoms with E-state index in [1.807, 2.05) is 18.7 Å². The molecular formula is C16H17ClN2O4S. The molecule has 0 bridgehead atoms. The highest BCUT2D eigenvalue weighted by Gasteiger charge is 2.14. The van der Waals surface area contributed by atoms with Crippen LogP contribution in [0.3, 0.4) is 0 Å². The number of sulfonamides is 1. The molecular weight excluding hydrogens is 352 g/mol. The third-order valence-corrected chi connectivity index (χ3v) is 5.02. The summed E-state index contributed by atoms with van der Waals surface area (Å²) in [6, 6.07) is 11.1. The lowest BCUT2D eigenvalue weighted by Crippen LogP contribution is -2.43. The summed E-state index contributed by atoms with van der Waals surface area (Å²) in [5.74, 6) is -0.143. The minimum Gasteiger partial charge on any atom is -0.484 e. The van der Waals surface area contributed by atoms with Crippen molar-refractivity contribution >= 4 is 27.5 Å². The lowest BCUT2D eigenvalue weighted by Gasteiger charge is -2.11. The Kier molecular flexibility index (Phi) is 5.82. The van der Waals surface area contributed by atoms with Gasteiger partial charge in [0.2, 0.25) is 0 Å². The Hall–Kier alpha value is -2.09. The number of amides is 1. The topological polar surface area (TPSA) is 84.5 Å². The van der Waals surface area contributed by atoms with Crippen molar-refractivity contribution in [3.63, 3.8) is 0 Å². The van der Waals surface area contributed by atoms with Gasteiger partial charge in [0.25, 0.3) is 15.9 Å². The molecule has 0 saturated heterocycles. The first-order valence-electron chi connectivity index (χ1n) is 7.05. The van der Waals surface area contributed by atoms with Crippen LogP contribution in [0.2, 0.25) is 5.02 Å². The van der Waals surface area contributed by atoms with Crippen molar-refractivity contribution in [1.29, 1.82) is 0 Å². The van der Waals surface area contributed by atoms with Crippen LogP contribution in [-0.2, 0) is 14.8 Å². The van der Waals surface area contributed by atoms with E-state index in [9.17, 15) is 13.2 Å². The van der Waals surface area contributed by atoms with Crippen LogP contribution in [-0.4, -0.2) is 20.9 Å². The Morgan fingerprint density at radius 3 is 2.29 bits per heavy atom. The van der Waals surface area contributed by atoms with Gasteiger partial charge in [-0.15, -0.1) is 4.83 Å². The standard InChI is InChI=1S/C16H17ClN2O4S/c1-11-8-13(9-12(2)16(11)17)23-10-15(20)18-19-24(21,22)14-6-4-3-5-7-14/h3-9,19H,10H2,1-2H3,(H,18,20). The Labute approximate surface area is 145 Å². The number of aryl methyl sites for hydroxylation is 2. The first-order chi connectivity index (χ1) is 11.3. The molecule has 2 aromatic rings. The second kappa shape index (κ2) is 7.65. The molecule has 0 aliphatic heterocycles. The summed E-state index contributed by atoms with van der Waals surface area (Å²) in [5.41, 5.74) is 3.77. The second-order valence-electron chi connectivity index (χ2n) is 5.13. The van der Waals surface area contributed by atoms with E-state index in [1.165, 1.54) is 12.1 Å². The van der Waals surface area contributed by atoms with E-state index < -0.39 is 15.9 Å². The molecule has 128 valence electrons. The summed E-state index contributed by atoms with van der Waals surface area (Å²) >= 11 is 6.06. The van der Waals surface area contributed by atoms with Crippen molar-refractivity contribution in [3.05, 3.63) is 58.6 Å². The summed E-state index contributed by atoms with van der Waals surface area (Å²) in [6.45, 7) is 3.32. The third-order valence-electron chi connectivity index (χ3n) is 3.16. The number of benzene rings is 2. The monoisotopic (exact) mass is 368 g/mol.